The molecule has 0 spiro atoms. The van der Waals surface area contributed by atoms with Crippen LogP contribution in [0.2, 0.25) is 0 Å². The fourth-order valence-corrected chi connectivity index (χ4v) is 4.87. The summed E-state index contributed by atoms with van der Waals surface area (Å²) in [7, 11) is -3.73. The van der Waals surface area contributed by atoms with Crippen LogP contribution in [0.15, 0.2) is 45.8 Å². The molecule has 1 fully saturated rings. The number of alkyl halides is 3. The number of amidine groups is 1. The van der Waals surface area contributed by atoms with E-state index >= 15 is 0 Å². The summed E-state index contributed by atoms with van der Waals surface area (Å²) in [6.45, 7) is 5.51. The van der Waals surface area contributed by atoms with Gasteiger partial charge >= 0.3 is 6.18 Å². The fourth-order valence-electron chi connectivity index (χ4n) is 3.65. The number of pyridine rings is 1. The number of fused-ring (bicyclic) bond motifs is 1. The van der Waals surface area contributed by atoms with Crippen LogP contribution in [0.5, 0.6) is 0 Å². The van der Waals surface area contributed by atoms with E-state index in [-0.39, 0.29) is 4.90 Å². The van der Waals surface area contributed by atoms with Crippen LogP contribution in [0, 0.1) is 6.92 Å². The van der Waals surface area contributed by atoms with Gasteiger partial charge in [0.05, 0.1) is 12.2 Å². The molecule has 0 unspecified atom stereocenters. The van der Waals surface area contributed by atoms with Crippen molar-refractivity contribution in [3.8, 4) is 0 Å². The maximum atomic E-state index is 12.6. The molecule has 0 amide bonds. The molecule has 1 saturated heterocycles. The number of nitrogens with one attached hydrogen (secondary N) is 1. The van der Waals surface area contributed by atoms with Crippen molar-refractivity contribution in [2.75, 3.05) is 38.0 Å². The van der Waals surface area contributed by atoms with Gasteiger partial charge in [0.2, 0.25) is 0 Å². The molecule has 3 heterocycles. The van der Waals surface area contributed by atoms with Crippen molar-refractivity contribution in [1.29, 1.82) is 0 Å². The monoisotopic (exact) mass is 453 g/mol. The molecule has 7 nitrogen and oxygen atoms in total. The summed E-state index contributed by atoms with van der Waals surface area (Å²) in [5.41, 5.74) is 1.21. The SMILES string of the molecule is Cc1ccc2c(c1)S(=O)(=O)N=C(CN1CCN(Cc3ccc(C(F)(F)F)nc3)CC1)N2. The number of sulfonamides is 1. The summed E-state index contributed by atoms with van der Waals surface area (Å²) in [6.07, 6.45) is -3.17. The highest BCUT2D eigenvalue weighted by Crippen LogP contribution is 2.29. The van der Waals surface area contributed by atoms with Gasteiger partial charge in [-0.3, -0.25) is 14.8 Å². The number of aryl methyl sites for hydroxylation is 1. The molecule has 2 aliphatic heterocycles. The second-order valence-electron chi connectivity index (χ2n) is 7.74. The van der Waals surface area contributed by atoms with Crippen molar-refractivity contribution in [2.45, 2.75) is 24.5 Å². The van der Waals surface area contributed by atoms with Gasteiger partial charge in [-0.2, -0.15) is 21.6 Å². The Bertz CT molecular complexity index is 1090. The molecule has 11 heteroatoms. The summed E-state index contributed by atoms with van der Waals surface area (Å²) < 4.78 is 66.8. The summed E-state index contributed by atoms with van der Waals surface area (Å²) in [5.74, 6) is 0.386. The number of aromatic nitrogens is 1. The Balaban J connectivity index is 1.33. The predicted molar refractivity (Wildman–Crippen MR) is 110 cm³/mol. The van der Waals surface area contributed by atoms with Gasteiger partial charge < -0.3 is 5.32 Å². The molecule has 31 heavy (non-hydrogen) atoms. The molecule has 0 bridgehead atoms. The van der Waals surface area contributed by atoms with Crippen molar-refractivity contribution in [3.05, 3.63) is 53.3 Å². The summed E-state index contributed by atoms with van der Waals surface area (Å²) in [4.78, 5) is 7.92. The minimum Gasteiger partial charge on any atom is -0.341 e. The predicted octanol–water partition coefficient (Wildman–Crippen LogP) is 2.74. The molecule has 0 aliphatic carbocycles. The zero-order valence-electron chi connectivity index (χ0n) is 16.9. The van der Waals surface area contributed by atoms with Crippen LogP contribution in [-0.2, 0) is 22.7 Å². The van der Waals surface area contributed by atoms with E-state index in [2.05, 4.69) is 24.5 Å². The molecule has 1 N–H and O–H groups in total. The van der Waals surface area contributed by atoms with E-state index in [0.717, 1.165) is 17.2 Å². The van der Waals surface area contributed by atoms with Crippen molar-refractivity contribution in [2.24, 2.45) is 4.40 Å². The van der Waals surface area contributed by atoms with Crippen molar-refractivity contribution < 1.29 is 21.6 Å². The van der Waals surface area contributed by atoms with E-state index in [1.165, 1.54) is 12.3 Å². The molecular formula is C20H22F3N5O2S. The quantitative estimate of drug-likeness (QED) is 0.767. The Labute approximate surface area is 178 Å². The maximum Gasteiger partial charge on any atom is 0.433 e. The van der Waals surface area contributed by atoms with Gasteiger partial charge in [-0.25, -0.2) is 0 Å². The maximum absolute atomic E-state index is 12.6. The molecule has 0 atom stereocenters. The minimum absolute atomic E-state index is 0.186. The lowest BCUT2D eigenvalue weighted by Gasteiger charge is -2.35. The highest BCUT2D eigenvalue weighted by molar-refractivity contribution is 7.90. The van der Waals surface area contributed by atoms with Crippen LogP contribution in [-0.4, -0.2) is 61.8 Å². The van der Waals surface area contributed by atoms with E-state index < -0.39 is 21.9 Å². The molecular weight excluding hydrogens is 431 g/mol. The van der Waals surface area contributed by atoms with Crippen LogP contribution >= 0.6 is 0 Å². The largest absolute Gasteiger partial charge is 0.433 e. The third-order valence-corrected chi connectivity index (χ3v) is 6.64. The first-order valence-corrected chi connectivity index (χ1v) is 11.2. The second kappa shape index (κ2) is 8.21. The summed E-state index contributed by atoms with van der Waals surface area (Å²) in [5, 5.41) is 3.11. The summed E-state index contributed by atoms with van der Waals surface area (Å²) >= 11 is 0. The Kier molecular flexibility index (Phi) is 5.75. The molecule has 4 rings (SSSR count). The number of anilines is 1. The third-order valence-electron chi connectivity index (χ3n) is 5.28. The van der Waals surface area contributed by atoms with E-state index in [1.807, 2.05) is 13.0 Å². The topological polar surface area (TPSA) is 77.9 Å². The third kappa shape index (κ3) is 5.05. The van der Waals surface area contributed by atoms with Gasteiger partial charge in [0.1, 0.15) is 16.4 Å². The lowest BCUT2D eigenvalue weighted by atomic mass is 10.2. The number of benzene rings is 1. The zero-order chi connectivity index (χ0) is 22.2. The van der Waals surface area contributed by atoms with E-state index in [4.69, 9.17) is 0 Å². The van der Waals surface area contributed by atoms with Gasteiger partial charge in [-0.05, 0) is 36.2 Å². The average Bonchev–Trinajstić information content (AvgIpc) is 2.69. The Morgan fingerprint density at radius 3 is 2.32 bits per heavy atom. The van der Waals surface area contributed by atoms with Crippen molar-refractivity contribution in [3.63, 3.8) is 0 Å². The highest BCUT2D eigenvalue weighted by atomic mass is 32.2. The van der Waals surface area contributed by atoms with E-state index in [0.29, 0.717) is 50.8 Å². The molecule has 1 aromatic heterocycles. The molecule has 2 aromatic rings. The van der Waals surface area contributed by atoms with Gasteiger partial charge in [0.15, 0.2) is 0 Å². The normalized spacial score (nSPS) is 19.4. The Hall–Kier alpha value is -2.50. The number of hydrogen-bond donors (Lipinski definition) is 1. The van der Waals surface area contributed by atoms with Gasteiger partial charge in [-0.1, -0.05) is 12.1 Å². The van der Waals surface area contributed by atoms with Crippen LogP contribution in [0.4, 0.5) is 18.9 Å². The molecule has 166 valence electrons. The van der Waals surface area contributed by atoms with Crippen LogP contribution < -0.4 is 5.32 Å². The molecule has 0 radical (unpaired) electrons. The van der Waals surface area contributed by atoms with Gasteiger partial charge in [0, 0.05) is 38.9 Å². The number of piperazine rings is 1. The number of hydrogen-bond acceptors (Lipinski definition) is 6. The van der Waals surface area contributed by atoms with E-state index in [9.17, 15) is 21.6 Å². The first-order valence-electron chi connectivity index (χ1n) is 9.78. The van der Waals surface area contributed by atoms with Crippen molar-refractivity contribution >= 4 is 21.5 Å². The lowest BCUT2D eigenvalue weighted by Crippen LogP contribution is -2.48. The van der Waals surface area contributed by atoms with E-state index in [1.54, 1.807) is 12.1 Å². The van der Waals surface area contributed by atoms with Gasteiger partial charge in [-0.15, -0.1) is 4.40 Å². The first kappa shape index (κ1) is 21.7. The Morgan fingerprint density at radius 1 is 1.03 bits per heavy atom. The highest BCUT2D eigenvalue weighted by Gasteiger charge is 2.32. The van der Waals surface area contributed by atoms with Crippen LogP contribution in [0.1, 0.15) is 16.8 Å². The number of halogens is 3. The lowest BCUT2D eigenvalue weighted by molar-refractivity contribution is -0.141. The first-order chi connectivity index (χ1) is 14.6. The number of rotatable bonds is 4. The Morgan fingerprint density at radius 2 is 1.71 bits per heavy atom. The van der Waals surface area contributed by atoms with Crippen molar-refractivity contribution in [1.82, 2.24) is 14.8 Å². The zero-order valence-corrected chi connectivity index (χ0v) is 17.7. The molecule has 1 aromatic carbocycles. The van der Waals surface area contributed by atoms with Crippen LogP contribution in [0.3, 0.4) is 0 Å². The molecule has 0 saturated carbocycles. The minimum atomic E-state index is -4.44. The molecule has 2 aliphatic rings. The number of nitrogens with zero attached hydrogens (tertiary/aromatic N) is 4. The fraction of sp³-hybridized carbons (Fsp3) is 0.400. The van der Waals surface area contributed by atoms with Gasteiger partial charge in [0.25, 0.3) is 10.0 Å². The average molecular weight is 453 g/mol. The smallest absolute Gasteiger partial charge is 0.341 e. The summed E-state index contributed by atoms with van der Waals surface area (Å²) in [6, 6.07) is 7.64. The van der Waals surface area contributed by atoms with Crippen LogP contribution in [0.25, 0.3) is 0 Å². The standard InChI is InChI=1S/C20H22F3N5O2S/c1-14-2-4-16-17(10-14)31(29,30)26-19(25-16)13-28-8-6-27(7-9-28)12-15-3-5-18(24-11-15)20(21,22)23/h2-5,10-11H,6-9,12-13H2,1H3,(H,25,26). The second-order valence-corrected chi connectivity index (χ2v) is 9.31.